The first-order valence-electron chi connectivity index (χ1n) is 10.5. The van der Waals surface area contributed by atoms with Crippen molar-refractivity contribution in [2.24, 2.45) is 5.41 Å². The summed E-state index contributed by atoms with van der Waals surface area (Å²) in [7, 11) is -3.10. The van der Waals surface area contributed by atoms with E-state index in [0.717, 1.165) is 27.5 Å². The zero-order chi connectivity index (χ0) is 26.7. The highest BCUT2D eigenvalue weighted by Crippen LogP contribution is 2.48. The number of nitrogens with one attached hydrogen (secondary N) is 2. The number of methoxy groups -OCH3 is 1. The Kier molecular flexibility index (Phi) is 8.75. The van der Waals surface area contributed by atoms with Crippen LogP contribution in [0.25, 0.3) is 0 Å². The molecule has 15 heteroatoms. The molecule has 6 atom stereocenters. The van der Waals surface area contributed by atoms with Crippen LogP contribution in [0.5, 0.6) is 5.75 Å². The summed E-state index contributed by atoms with van der Waals surface area (Å²) in [5.41, 5.74) is -3.12. The number of carbonyl (C=O) groups excluding carboxylic acids is 1. The molecule has 194 valence electrons. The Morgan fingerprint density at radius 1 is 1.39 bits per heavy atom. The van der Waals surface area contributed by atoms with Gasteiger partial charge in [-0.2, -0.15) is 10.3 Å². The van der Waals surface area contributed by atoms with Crippen LogP contribution in [0.3, 0.4) is 0 Å². The molecule has 0 radical (unpaired) electrons. The molecule has 1 saturated heterocycles. The van der Waals surface area contributed by atoms with Gasteiger partial charge in [0.05, 0.1) is 19.8 Å². The zero-order valence-electron chi connectivity index (χ0n) is 19.4. The van der Waals surface area contributed by atoms with Gasteiger partial charge in [0.2, 0.25) is 0 Å². The molecule has 0 saturated carbocycles. The Balaban J connectivity index is 1.85. The van der Waals surface area contributed by atoms with Gasteiger partial charge in [0, 0.05) is 15.8 Å². The van der Waals surface area contributed by atoms with E-state index in [1.165, 1.54) is 13.8 Å². The number of H-pyrrole nitrogens is 1. The molecule has 2 aromatic rings. The summed E-state index contributed by atoms with van der Waals surface area (Å²) in [6.07, 6.45) is -2.88. The van der Waals surface area contributed by atoms with Crippen LogP contribution in [0.1, 0.15) is 20.1 Å². The lowest BCUT2D eigenvalue weighted by atomic mass is 9.84. The van der Waals surface area contributed by atoms with Gasteiger partial charge in [0.25, 0.3) is 5.56 Å². The lowest BCUT2D eigenvalue weighted by molar-refractivity contribution is -0.142. The molecule has 13 nitrogen and oxygen atoms in total. The van der Waals surface area contributed by atoms with Crippen molar-refractivity contribution in [3.05, 3.63) is 60.9 Å². The summed E-state index contributed by atoms with van der Waals surface area (Å²) in [4.78, 5) is 37.7. The Hall–Kier alpha value is -2.54. The topological polar surface area (TPSA) is 182 Å². The maximum Gasteiger partial charge on any atom is 0.459 e. The molecule has 1 aromatic heterocycles. The maximum absolute atomic E-state index is 13.6. The molecular weight excluding hydrogens is 610 g/mol. The van der Waals surface area contributed by atoms with Crippen molar-refractivity contribution >= 4 is 36.3 Å². The Morgan fingerprint density at radius 3 is 2.64 bits per heavy atom. The molecule has 36 heavy (non-hydrogen) atoms. The molecule has 3 rings (SSSR count). The second kappa shape index (κ2) is 11.2. The van der Waals surface area contributed by atoms with E-state index in [4.69, 9.17) is 13.8 Å². The van der Waals surface area contributed by atoms with Crippen LogP contribution in [0.4, 0.5) is 0 Å². The third-order valence-electron chi connectivity index (χ3n) is 5.48. The molecule has 0 bridgehead atoms. The third-order valence-corrected chi connectivity index (χ3v) is 7.85. The van der Waals surface area contributed by atoms with Gasteiger partial charge in [0.1, 0.15) is 29.4 Å². The fraction of sp³-hybridized carbons (Fsp3) is 0.429. The van der Waals surface area contributed by atoms with Crippen molar-refractivity contribution in [3.8, 4) is 11.8 Å². The molecular formula is C21H24IN4O9P. The quantitative estimate of drug-likeness (QED) is 0.205. The zero-order valence-corrected chi connectivity index (χ0v) is 22.5. The van der Waals surface area contributed by atoms with E-state index >= 15 is 0 Å². The predicted molar refractivity (Wildman–Crippen MR) is 133 cm³/mol. The number of aliphatic hydroxyl groups is 1. The highest BCUT2D eigenvalue weighted by atomic mass is 127. The summed E-state index contributed by atoms with van der Waals surface area (Å²) < 4.78 is 36.9. The number of aliphatic hydroxyl groups excluding tert-OH is 1. The molecule has 1 aliphatic rings. The van der Waals surface area contributed by atoms with Gasteiger partial charge in [-0.05, 0) is 60.7 Å². The van der Waals surface area contributed by atoms with E-state index in [0.29, 0.717) is 0 Å². The lowest BCUT2D eigenvalue weighted by Crippen LogP contribution is -2.41. The van der Waals surface area contributed by atoms with E-state index < -0.39 is 61.5 Å². The number of nitriles is 1. The van der Waals surface area contributed by atoms with Gasteiger partial charge in [-0.15, -0.1) is 0 Å². The van der Waals surface area contributed by atoms with Crippen molar-refractivity contribution in [3.63, 3.8) is 0 Å². The van der Waals surface area contributed by atoms with Gasteiger partial charge < -0.3 is 19.1 Å². The maximum atomic E-state index is 13.6. The fourth-order valence-corrected chi connectivity index (χ4v) is 5.36. The largest absolute Gasteiger partial charge is 0.468 e. The molecule has 1 unspecified atom stereocenters. The summed E-state index contributed by atoms with van der Waals surface area (Å²) in [5, 5.41) is 23.1. The standard InChI is InChI=1S/C21H24IN4O9P/c1-12(18(29)32-3)25-36(31,35-14-6-4-13(22)5-7-14)33-10-15-17(28)21(2,11-23)19(34-15)26-9-8-16(27)24-20(26)30/h4-9,12,15,17,19,28H,10H2,1-3H3,(H,25,31)(H,24,27,30)/t12-,15+,17+,19+,21+,36?/m0/s1. The van der Waals surface area contributed by atoms with Crippen LogP contribution in [0, 0.1) is 20.3 Å². The molecule has 0 spiro atoms. The Bertz CT molecular complexity index is 1310. The van der Waals surface area contributed by atoms with Gasteiger partial charge >= 0.3 is 19.4 Å². The lowest BCUT2D eigenvalue weighted by Gasteiger charge is -2.26. The number of hydrogen-bond acceptors (Lipinski definition) is 10. The number of hydrogen-bond donors (Lipinski definition) is 3. The van der Waals surface area contributed by atoms with Crippen LogP contribution >= 0.6 is 30.3 Å². The van der Waals surface area contributed by atoms with Gasteiger partial charge in [-0.25, -0.2) is 9.36 Å². The molecule has 1 fully saturated rings. The minimum atomic E-state index is -4.26. The van der Waals surface area contributed by atoms with E-state index in [2.05, 4.69) is 37.4 Å². The summed E-state index contributed by atoms with van der Waals surface area (Å²) in [6, 6.07) is 8.44. The van der Waals surface area contributed by atoms with Gasteiger partial charge in [0.15, 0.2) is 6.23 Å². The first-order chi connectivity index (χ1) is 16.9. The molecule has 3 N–H and O–H groups in total. The van der Waals surface area contributed by atoms with Crippen molar-refractivity contribution in [2.45, 2.75) is 38.3 Å². The minimum Gasteiger partial charge on any atom is -0.468 e. The fourth-order valence-electron chi connectivity index (χ4n) is 3.49. The van der Waals surface area contributed by atoms with E-state index in [1.54, 1.807) is 24.3 Å². The van der Waals surface area contributed by atoms with Crippen molar-refractivity contribution in [1.29, 1.82) is 5.26 Å². The van der Waals surface area contributed by atoms with Gasteiger partial charge in [-0.1, -0.05) is 0 Å². The number of halogens is 1. The molecule has 2 heterocycles. The average molecular weight is 634 g/mol. The second-order valence-corrected chi connectivity index (χ2v) is 11.0. The first-order valence-corrected chi connectivity index (χ1v) is 13.2. The molecule has 0 amide bonds. The number of aromatic amines is 1. The number of ether oxygens (including phenoxy) is 2. The Labute approximate surface area is 219 Å². The first kappa shape index (κ1) is 28.0. The molecule has 1 aliphatic heterocycles. The monoisotopic (exact) mass is 634 g/mol. The normalized spacial score (nSPS) is 25.9. The SMILES string of the molecule is COC(=O)[C@H](C)NP(=O)(OC[C@H]1O[C@@H](n2ccc(=O)[nH]c2=O)[C@](C)(C#N)[C@@H]1O)Oc1ccc(I)cc1. The van der Waals surface area contributed by atoms with Crippen LogP contribution < -0.4 is 20.9 Å². The van der Waals surface area contributed by atoms with Crippen LogP contribution in [-0.4, -0.2) is 52.6 Å². The third kappa shape index (κ3) is 6.05. The van der Waals surface area contributed by atoms with E-state index in [-0.39, 0.29) is 5.75 Å². The van der Waals surface area contributed by atoms with Crippen LogP contribution in [0.2, 0.25) is 0 Å². The predicted octanol–water partition coefficient (Wildman–Crippen LogP) is 1.28. The van der Waals surface area contributed by atoms with Crippen molar-refractivity contribution in [1.82, 2.24) is 14.6 Å². The Morgan fingerprint density at radius 2 is 2.06 bits per heavy atom. The smallest absolute Gasteiger partial charge is 0.459 e. The number of benzene rings is 1. The van der Waals surface area contributed by atoms with Crippen LogP contribution in [0.15, 0.2) is 46.1 Å². The number of nitrogens with zero attached hydrogens (tertiary/aromatic N) is 2. The number of rotatable bonds is 9. The number of aromatic nitrogens is 2. The molecule has 1 aromatic carbocycles. The summed E-state index contributed by atoms with van der Waals surface area (Å²) in [5.74, 6) is -0.549. The summed E-state index contributed by atoms with van der Waals surface area (Å²) in [6.45, 7) is 2.22. The van der Waals surface area contributed by atoms with Crippen molar-refractivity contribution in [2.75, 3.05) is 13.7 Å². The highest BCUT2D eigenvalue weighted by molar-refractivity contribution is 14.1. The van der Waals surface area contributed by atoms with E-state index in [1.807, 2.05) is 6.07 Å². The van der Waals surface area contributed by atoms with Crippen LogP contribution in [-0.2, 0) is 23.4 Å². The molecule has 0 aliphatic carbocycles. The average Bonchev–Trinajstić information content (AvgIpc) is 3.09. The van der Waals surface area contributed by atoms with E-state index in [9.17, 15) is 29.3 Å². The summed E-state index contributed by atoms with van der Waals surface area (Å²) >= 11 is 2.08. The second-order valence-electron chi connectivity index (χ2n) is 8.10. The van der Waals surface area contributed by atoms with Crippen molar-refractivity contribution < 1.29 is 33.0 Å². The minimum absolute atomic E-state index is 0.177. The number of esters is 1. The number of carbonyl (C=O) groups is 1. The van der Waals surface area contributed by atoms with Gasteiger partial charge in [-0.3, -0.25) is 23.7 Å². The highest BCUT2D eigenvalue weighted by Gasteiger charge is 2.55.